The maximum atomic E-state index is 10.6. The van der Waals surface area contributed by atoms with Gasteiger partial charge >= 0.3 is 0 Å². The molecular formula is C5H14N2O2S. The first-order valence-electron chi connectivity index (χ1n) is 2.96. The van der Waals surface area contributed by atoms with Crippen LogP contribution in [0.2, 0.25) is 0 Å². The lowest BCUT2D eigenvalue weighted by Crippen LogP contribution is -2.48. The lowest BCUT2D eigenvalue weighted by Gasteiger charge is -2.22. The number of sulfonamides is 1. The molecule has 0 aromatic carbocycles. The van der Waals surface area contributed by atoms with Crippen molar-refractivity contribution in [3.63, 3.8) is 0 Å². The van der Waals surface area contributed by atoms with E-state index in [1.807, 2.05) is 0 Å². The Morgan fingerprint density at radius 3 is 2.00 bits per heavy atom. The molecule has 10 heavy (non-hydrogen) atoms. The standard InChI is InChI=1S/C5H14N2O2S/c1-5(2,4-6)7-10(3,8)9/h7H,4,6H2,1-3H3. The molecule has 62 valence electrons. The Kier molecular flexibility index (Phi) is 2.82. The van der Waals surface area contributed by atoms with Crippen molar-refractivity contribution >= 4 is 10.0 Å². The molecule has 0 radical (unpaired) electrons. The summed E-state index contributed by atoms with van der Waals surface area (Å²) in [5.41, 5.74) is 4.75. The molecule has 3 N–H and O–H groups in total. The number of hydrogen-bond donors (Lipinski definition) is 2. The second-order valence-electron chi connectivity index (χ2n) is 2.96. The smallest absolute Gasteiger partial charge is 0.209 e. The average Bonchev–Trinajstić information content (AvgIpc) is 1.60. The van der Waals surface area contributed by atoms with Crippen LogP contribution in [-0.4, -0.2) is 26.8 Å². The van der Waals surface area contributed by atoms with E-state index in [1.165, 1.54) is 0 Å². The van der Waals surface area contributed by atoms with Crippen LogP contribution >= 0.6 is 0 Å². The number of hydrogen-bond acceptors (Lipinski definition) is 3. The zero-order chi connectivity index (χ0) is 8.41. The minimum Gasteiger partial charge on any atom is -0.329 e. The van der Waals surface area contributed by atoms with Gasteiger partial charge in [-0.2, -0.15) is 0 Å². The van der Waals surface area contributed by atoms with Gasteiger partial charge in [0, 0.05) is 12.1 Å². The van der Waals surface area contributed by atoms with Gasteiger partial charge in [-0.05, 0) is 13.8 Å². The molecule has 0 bridgehead atoms. The van der Waals surface area contributed by atoms with Crippen molar-refractivity contribution in [1.29, 1.82) is 0 Å². The fourth-order valence-electron chi connectivity index (χ4n) is 0.544. The highest BCUT2D eigenvalue weighted by atomic mass is 32.2. The first-order chi connectivity index (χ1) is 4.27. The van der Waals surface area contributed by atoms with E-state index in [1.54, 1.807) is 13.8 Å². The normalized spacial score (nSPS) is 13.6. The Balaban J connectivity index is 4.16. The predicted molar refractivity (Wildman–Crippen MR) is 41.1 cm³/mol. The maximum Gasteiger partial charge on any atom is 0.209 e. The van der Waals surface area contributed by atoms with Gasteiger partial charge in [0.15, 0.2) is 0 Å². The summed E-state index contributed by atoms with van der Waals surface area (Å²) in [4.78, 5) is 0. The van der Waals surface area contributed by atoms with E-state index in [0.717, 1.165) is 6.26 Å². The lowest BCUT2D eigenvalue weighted by molar-refractivity contribution is 0.465. The van der Waals surface area contributed by atoms with Gasteiger partial charge in [0.25, 0.3) is 0 Å². The Labute approximate surface area is 61.8 Å². The molecule has 0 fully saturated rings. The van der Waals surface area contributed by atoms with E-state index >= 15 is 0 Å². The van der Waals surface area contributed by atoms with Gasteiger partial charge in [0.2, 0.25) is 10.0 Å². The van der Waals surface area contributed by atoms with Crippen LogP contribution in [0.15, 0.2) is 0 Å². The van der Waals surface area contributed by atoms with Gasteiger partial charge in [-0.25, -0.2) is 13.1 Å². The average molecular weight is 166 g/mol. The summed E-state index contributed by atoms with van der Waals surface area (Å²) in [6.45, 7) is 3.75. The highest BCUT2D eigenvalue weighted by molar-refractivity contribution is 7.88. The Bertz CT molecular complexity index is 196. The van der Waals surface area contributed by atoms with Crippen molar-refractivity contribution < 1.29 is 8.42 Å². The number of nitrogens with one attached hydrogen (secondary N) is 1. The van der Waals surface area contributed by atoms with E-state index in [9.17, 15) is 8.42 Å². The molecule has 0 aliphatic rings. The monoisotopic (exact) mass is 166 g/mol. The van der Waals surface area contributed by atoms with Gasteiger partial charge < -0.3 is 5.73 Å². The summed E-state index contributed by atoms with van der Waals surface area (Å²) in [6, 6.07) is 0. The SMILES string of the molecule is CC(C)(CN)NS(C)(=O)=O. The molecule has 0 rings (SSSR count). The van der Waals surface area contributed by atoms with Gasteiger partial charge in [-0.3, -0.25) is 0 Å². The third kappa shape index (κ3) is 4.72. The number of nitrogens with two attached hydrogens (primary N) is 1. The van der Waals surface area contributed by atoms with Gasteiger partial charge in [-0.1, -0.05) is 0 Å². The molecule has 0 spiro atoms. The molecule has 0 amide bonds. The third-order valence-electron chi connectivity index (χ3n) is 0.972. The molecule has 5 heteroatoms. The van der Waals surface area contributed by atoms with Crippen LogP contribution in [-0.2, 0) is 10.0 Å². The molecule has 0 saturated carbocycles. The summed E-state index contributed by atoms with van der Waals surface area (Å²) < 4.78 is 23.7. The topological polar surface area (TPSA) is 72.2 Å². The Morgan fingerprint density at radius 2 is 1.90 bits per heavy atom. The van der Waals surface area contributed by atoms with Gasteiger partial charge in [-0.15, -0.1) is 0 Å². The van der Waals surface area contributed by atoms with Crippen LogP contribution < -0.4 is 10.5 Å². The molecule has 0 unspecified atom stereocenters. The Hall–Kier alpha value is -0.130. The summed E-state index contributed by atoms with van der Waals surface area (Å²) in [5.74, 6) is 0. The van der Waals surface area contributed by atoms with Crippen LogP contribution in [0.1, 0.15) is 13.8 Å². The van der Waals surface area contributed by atoms with Crippen molar-refractivity contribution in [3.8, 4) is 0 Å². The first-order valence-corrected chi connectivity index (χ1v) is 4.85. The first kappa shape index (κ1) is 9.87. The van der Waals surface area contributed by atoms with E-state index < -0.39 is 15.6 Å². The van der Waals surface area contributed by atoms with Crippen molar-refractivity contribution in [2.45, 2.75) is 19.4 Å². The zero-order valence-corrected chi connectivity index (χ0v) is 7.33. The van der Waals surface area contributed by atoms with E-state index in [4.69, 9.17) is 5.73 Å². The summed E-state index contributed by atoms with van der Waals surface area (Å²) in [7, 11) is -3.12. The Morgan fingerprint density at radius 1 is 1.50 bits per heavy atom. The molecule has 0 aromatic heterocycles. The maximum absolute atomic E-state index is 10.6. The van der Waals surface area contributed by atoms with Crippen LogP contribution in [0, 0.1) is 0 Å². The van der Waals surface area contributed by atoms with Crippen molar-refractivity contribution in [2.24, 2.45) is 5.73 Å². The summed E-state index contributed by atoms with van der Waals surface area (Å²) in [6.07, 6.45) is 1.12. The second-order valence-corrected chi connectivity index (χ2v) is 4.71. The van der Waals surface area contributed by atoms with E-state index in [2.05, 4.69) is 4.72 Å². The minimum absolute atomic E-state index is 0.292. The molecule has 0 aliphatic heterocycles. The zero-order valence-electron chi connectivity index (χ0n) is 6.51. The van der Waals surface area contributed by atoms with Crippen LogP contribution in [0.25, 0.3) is 0 Å². The van der Waals surface area contributed by atoms with E-state index in [-0.39, 0.29) is 0 Å². The van der Waals surface area contributed by atoms with E-state index in [0.29, 0.717) is 6.54 Å². The fourth-order valence-corrected chi connectivity index (χ4v) is 1.63. The minimum atomic E-state index is -3.12. The van der Waals surface area contributed by atoms with Crippen molar-refractivity contribution in [1.82, 2.24) is 4.72 Å². The number of rotatable bonds is 3. The lowest BCUT2D eigenvalue weighted by atomic mass is 10.1. The largest absolute Gasteiger partial charge is 0.329 e. The molecule has 0 atom stereocenters. The van der Waals surface area contributed by atoms with Gasteiger partial charge in [0.1, 0.15) is 0 Å². The summed E-state index contributed by atoms with van der Waals surface area (Å²) >= 11 is 0. The highest BCUT2D eigenvalue weighted by Gasteiger charge is 2.19. The van der Waals surface area contributed by atoms with Crippen molar-refractivity contribution in [3.05, 3.63) is 0 Å². The highest BCUT2D eigenvalue weighted by Crippen LogP contribution is 1.99. The quantitative estimate of drug-likeness (QED) is 0.581. The van der Waals surface area contributed by atoms with Crippen molar-refractivity contribution in [2.75, 3.05) is 12.8 Å². The van der Waals surface area contributed by atoms with Crippen LogP contribution in [0.4, 0.5) is 0 Å². The second kappa shape index (κ2) is 2.86. The summed E-state index contributed by atoms with van der Waals surface area (Å²) in [5, 5.41) is 0. The molecular weight excluding hydrogens is 152 g/mol. The predicted octanol–water partition coefficient (Wildman–Crippen LogP) is -0.727. The molecule has 4 nitrogen and oxygen atoms in total. The molecule has 0 saturated heterocycles. The van der Waals surface area contributed by atoms with Gasteiger partial charge in [0.05, 0.1) is 6.26 Å². The molecule has 0 aromatic rings. The molecule has 0 heterocycles. The van der Waals surface area contributed by atoms with Crippen LogP contribution in [0.5, 0.6) is 0 Å². The fraction of sp³-hybridized carbons (Fsp3) is 1.00. The third-order valence-corrected chi connectivity index (χ3v) is 1.90. The molecule has 0 aliphatic carbocycles. The van der Waals surface area contributed by atoms with Crippen LogP contribution in [0.3, 0.4) is 0 Å².